The number of H-pyrrole nitrogens is 2. The maximum absolute atomic E-state index is 12.2. The molecule has 7 aromatic rings. The van der Waals surface area contributed by atoms with Gasteiger partial charge in [-0.25, -0.2) is 29.9 Å². The van der Waals surface area contributed by atoms with Crippen molar-refractivity contribution in [1.29, 1.82) is 0 Å². The van der Waals surface area contributed by atoms with Crippen LogP contribution < -0.4 is 0 Å². The van der Waals surface area contributed by atoms with Gasteiger partial charge in [-0.1, -0.05) is 0 Å². The Labute approximate surface area is 329 Å². The first kappa shape index (κ1) is 38.3. The Morgan fingerprint density at radius 3 is 0.965 bits per heavy atom. The minimum Gasteiger partial charge on any atom is -0.324 e. The fraction of sp³-hybridized carbons (Fsp3) is 0. The summed E-state index contributed by atoms with van der Waals surface area (Å²) in [7, 11) is -18.9. The molecule has 3 aromatic heterocycles. The third-order valence-corrected chi connectivity index (χ3v) is 12.3. The van der Waals surface area contributed by atoms with Crippen molar-refractivity contribution < 1.29 is 69.0 Å². The van der Waals surface area contributed by atoms with Gasteiger partial charge >= 0.3 is 17.1 Å². The minimum atomic E-state index is -4.74. The average molecular weight is 891 g/mol. The quantitative estimate of drug-likeness (QED) is 0.108. The van der Waals surface area contributed by atoms with E-state index >= 15 is 0 Å². The molecule has 0 saturated heterocycles. The van der Waals surface area contributed by atoms with Gasteiger partial charge in [0.25, 0.3) is 40.5 Å². The van der Waals surface area contributed by atoms with Crippen molar-refractivity contribution in [3.05, 3.63) is 72.8 Å². The standard InChI is InChI=1S/C32H18N8O12S4.Fe/c41-53(42,43)13-1-5-17-21(9-13)29-33-25(17)37-30-22-10-14(54(44,45)46)2-6-18(22)27(34-30)39-32-24-12-16(56(50,51)52)4-8-20(24)28(36-32)40-31-23-11-15(55(47,48)49)3-7-19(23)26(35-31)38-29;/h1-12H,(H,41,42,43)(H,44,45,46)(H,47,48,49)(H,50,51,52)(H2,33,34,35,36,37,38,39,40);/q;+3. The number of benzene rings is 4. The molecule has 20 nitrogen and oxygen atoms in total. The van der Waals surface area contributed by atoms with E-state index in [2.05, 4.69) is 39.9 Å². The van der Waals surface area contributed by atoms with Gasteiger partial charge in [-0.3, -0.25) is 18.2 Å². The number of rotatable bonds is 4. The molecule has 0 amide bonds. The molecule has 9 rings (SSSR count). The van der Waals surface area contributed by atoms with Crippen molar-refractivity contribution in [2.24, 2.45) is 0 Å². The fourth-order valence-corrected chi connectivity index (χ4v) is 8.38. The zero-order valence-corrected chi connectivity index (χ0v) is 32.0. The van der Waals surface area contributed by atoms with E-state index in [4.69, 9.17) is 0 Å². The molecule has 25 heteroatoms. The zero-order chi connectivity index (χ0) is 39.7. The van der Waals surface area contributed by atoms with Gasteiger partial charge in [0.1, 0.15) is 22.6 Å². The second-order valence-electron chi connectivity index (χ2n) is 12.3. The van der Waals surface area contributed by atoms with E-state index in [9.17, 15) is 51.9 Å². The number of nitrogens with zero attached hydrogens (tertiary/aromatic N) is 6. The summed E-state index contributed by atoms with van der Waals surface area (Å²) in [6, 6.07) is 14.0. The van der Waals surface area contributed by atoms with Crippen LogP contribution in [0, 0.1) is 0 Å². The summed E-state index contributed by atoms with van der Waals surface area (Å²) in [5.74, 6) is -0.486. The minimum absolute atomic E-state index is 0. The van der Waals surface area contributed by atoms with E-state index in [0.29, 0.717) is 0 Å². The summed E-state index contributed by atoms with van der Waals surface area (Å²) in [5, 5.41) is 0.655. The van der Waals surface area contributed by atoms with Crippen molar-refractivity contribution in [1.82, 2.24) is 39.9 Å². The van der Waals surface area contributed by atoms with E-state index in [-0.39, 0.29) is 107 Å². The van der Waals surface area contributed by atoms with Crippen LogP contribution in [0.3, 0.4) is 0 Å². The molecule has 2 aliphatic rings. The number of hydrogen-bond donors (Lipinski definition) is 6. The van der Waals surface area contributed by atoms with E-state index < -0.39 is 60.1 Å². The van der Waals surface area contributed by atoms with Crippen molar-refractivity contribution in [3.63, 3.8) is 0 Å². The molecule has 0 unspecified atom stereocenters. The number of fused-ring (bicyclic) bond motifs is 20. The topological polar surface area (TPSA) is 326 Å². The van der Waals surface area contributed by atoms with Crippen molar-refractivity contribution in [2.75, 3.05) is 0 Å². The molecule has 6 N–H and O–H groups in total. The third kappa shape index (κ3) is 6.54. The van der Waals surface area contributed by atoms with E-state index in [1.807, 2.05) is 0 Å². The largest absolute Gasteiger partial charge is 3.00 e. The summed E-state index contributed by atoms with van der Waals surface area (Å²) in [5.41, 5.74) is 0.408. The summed E-state index contributed by atoms with van der Waals surface area (Å²) >= 11 is 0. The Balaban J connectivity index is 0.00000455. The number of aromatic nitrogens is 8. The maximum Gasteiger partial charge on any atom is 3.00 e. The summed E-state index contributed by atoms with van der Waals surface area (Å²) in [6.45, 7) is 0. The molecule has 2 aliphatic heterocycles. The maximum atomic E-state index is 12.2. The first-order valence-electron chi connectivity index (χ1n) is 15.5. The molecule has 0 saturated carbocycles. The third-order valence-electron chi connectivity index (χ3n) is 8.91. The van der Waals surface area contributed by atoms with Gasteiger partial charge in [0, 0.05) is 43.8 Å². The van der Waals surface area contributed by atoms with Crippen molar-refractivity contribution in [2.45, 2.75) is 19.6 Å². The number of nitrogens with one attached hydrogen (secondary N) is 2. The molecule has 0 fully saturated rings. The van der Waals surface area contributed by atoms with Crippen LogP contribution in [-0.2, 0) is 57.5 Å². The summed E-state index contributed by atoms with van der Waals surface area (Å²) in [6.07, 6.45) is 0. The smallest absolute Gasteiger partial charge is 0.324 e. The Morgan fingerprint density at radius 2 is 0.632 bits per heavy atom. The predicted molar refractivity (Wildman–Crippen MR) is 195 cm³/mol. The normalized spacial score (nSPS) is 13.0. The second kappa shape index (κ2) is 12.7. The molecular weight excluding hydrogens is 873 g/mol. The SMILES string of the molecule is O=S(=O)(O)c1ccc2c(c1)-c1nc-2nc2[nH]c(nc3nc(nc4[nH]c(n1)c1ccc(S(=O)(=O)O)cc41)-c1ccc(S(=O)(=O)O)cc1-3)c1ccc(S(=O)(=O)O)cc21.[Fe+3]. The van der Waals surface area contributed by atoms with E-state index in [1.165, 1.54) is 24.3 Å². The number of aromatic amines is 2. The van der Waals surface area contributed by atoms with Crippen LogP contribution in [0.25, 0.3) is 89.7 Å². The molecular formula is C32H18FeN8O12S4+3. The van der Waals surface area contributed by atoms with E-state index in [1.54, 1.807) is 0 Å². The fourth-order valence-electron chi connectivity index (χ4n) is 6.35. The Hall–Kier alpha value is -5.60. The molecule has 0 atom stereocenters. The van der Waals surface area contributed by atoms with Gasteiger partial charge < -0.3 is 9.97 Å². The summed E-state index contributed by atoms with van der Waals surface area (Å²) in [4.78, 5) is 31.4. The van der Waals surface area contributed by atoms with Gasteiger partial charge in [-0.05, 0) is 72.8 Å². The van der Waals surface area contributed by atoms with Gasteiger partial charge in [-0.2, -0.15) is 33.7 Å². The second-order valence-corrected chi connectivity index (χ2v) is 18.0. The number of hydrogen-bond acceptors (Lipinski definition) is 14. The molecule has 57 heavy (non-hydrogen) atoms. The first-order valence-corrected chi connectivity index (χ1v) is 21.3. The Kier molecular flexibility index (Phi) is 8.53. The molecule has 8 bridgehead atoms. The summed E-state index contributed by atoms with van der Waals surface area (Å²) < 4.78 is 137. The Bertz CT molecular complexity index is 3380. The molecule has 4 aromatic carbocycles. The predicted octanol–water partition coefficient (Wildman–Crippen LogP) is 3.85. The zero-order valence-electron chi connectivity index (χ0n) is 27.7. The van der Waals surface area contributed by atoms with Gasteiger partial charge in [-0.15, -0.1) is 0 Å². The molecule has 1 radical (unpaired) electrons. The van der Waals surface area contributed by atoms with E-state index in [0.717, 1.165) is 48.5 Å². The van der Waals surface area contributed by atoms with Gasteiger partial charge in [0.05, 0.1) is 19.6 Å². The average Bonchev–Trinajstić information content (AvgIpc) is 3.84. The molecule has 0 aliphatic carbocycles. The monoisotopic (exact) mass is 890 g/mol. The first-order chi connectivity index (χ1) is 26.2. The van der Waals surface area contributed by atoms with Gasteiger partial charge in [0.2, 0.25) is 0 Å². The van der Waals surface area contributed by atoms with Gasteiger partial charge in [0.15, 0.2) is 23.3 Å². The van der Waals surface area contributed by atoms with Crippen LogP contribution in [0.1, 0.15) is 0 Å². The van der Waals surface area contributed by atoms with Crippen LogP contribution in [0.5, 0.6) is 0 Å². The molecule has 287 valence electrons. The Morgan fingerprint density at radius 1 is 0.351 bits per heavy atom. The van der Waals surface area contributed by atoms with Crippen LogP contribution in [-0.4, -0.2) is 91.8 Å². The van der Waals surface area contributed by atoms with Crippen LogP contribution in [0.15, 0.2) is 92.4 Å². The van der Waals surface area contributed by atoms with Crippen molar-refractivity contribution in [3.8, 4) is 45.6 Å². The molecule has 0 spiro atoms. The molecule has 5 heterocycles. The van der Waals surface area contributed by atoms with Crippen LogP contribution >= 0.6 is 0 Å². The van der Waals surface area contributed by atoms with Crippen LogP contribution in [0.4, 0.5) is 0 Å². The van der Waals surface area contributed by atoms with Crippen molar-refractivity contribution >= 4 is 84.6 Å². The van der Waals surface area contributed by atoms with Crippen LogP contribution in [0.2, 0.25) is 0 Å².